The zero-order chi connectivity index (χ0) is 22.9. The molecule has 33 heavy (non-hydrogen) atoms. The van der Waals surface area contributed by atoms with Crippen molar-refractivity contribution in [3.63, 3.8) is 0 Å². The first-order valence-corrected chi connectivity index (χ1v) is 11.5. The molecular weight excluding hydrogens is 404 g/mol. The predicted octanol–water partition coefficient (Wildman–Crippen LogP) is 7.39. The molecule has 0 radical (unpaired) electrons. The van der Waals surface area contributed by atoms with Gasteiger partial charge in [0.05, 0.1) is 0 Å². The first-order chi connectivity index (χ1) is 16.0. The predicted molar refractivity (Wildman–Crippen MR) is 134 cm³/mol. The van der Waals surface area contributed by atoms with Crippen LogP contribution in [0.1, 0.15) is 55.8 Å². The second-order valence-electron chi connectivity index (χ2n) is 8.90. The van der Waals surface area contributed by atoms with Gasteiger partial charge in [-0.05, 0) is 60.6 Å². The molecule has 0 aromatic heterocycles. The zero-order valence-electron chi connectivity index (χ0n) is 19.0. The van der Waals surface area contributed by atoms with E-state index in [1.54, 1.807) is 0 Å². The summed E-state index contributed by atoms with van der Waals surface area (Å²) in [7, 11) is 0. The number of ketones is 2. The van der Waals surface area contributed by atoms with E-state index in [1.165, 1.54) is 5.56 Å². The van der Waals surface area contributed by atoms with Crippen molar-refractivity contribution in [3.05, 3.63) is 118 Å². The number of benzene rings is 4. The van der Waals surface area contributed by atoms with E-state index in [1.807, 2.05) is 61.5 Å². The molecular formula is C31H26O2. The molecule has 0 saturated heterocycles. The molecule has 4 aromatic rings. The number of carbonyl (C=O) groups excluding carboxylic acids is 2. The van der Waals surface area contributed by atoms with E-state index in [2.05, 4.69) is 37.3 Å². The van der Waals surface area contributed by atoms with Gasteiger partial charge in [-0.25, -0.2) is 0 Å². The Bertz CT molecular complexity index is 1350. The second kappa shape index (κ2) is 8.63. The fourth-order valence-corrected chi connectivity index (χ4v) is 4.76. The van der Waals surface area contributed by atoms with Crippen LogP contribution in [0.4, 0.5) is 0 Å². The first-order valence-electron chi connectivity index (χ1n) is 11.5. The van der Waals surface area contributed by atoms with E-state index in [4.69, 9.17) is 0 Å². The van der Waals surface area contributed by atoms with Crippen LogP contribution in [0.2, 0.25) is 0 Å². The fraction of sp³-hybridized carbons (Fsp3) is 0.161. The second-order valence-corrected chi connectivity index (χ2v) is 8.90. The SMILES string of the molecule is Cc1ccc(C(=O)c2c(-c3ccccc3)cc(-c3ccc(C)cc3)c3c2C(=O)CCC3)cc1. The van der Waals surface area contributed by atoms with Gasteiger partial charge in [0.15, 0.2) is 11.6 Å². The van der Waals surface area contributed by atoms with Gasteiger partial charge in [-0.15, -0.1) is 0 Å². The Morgan fingerprint density at radius 3 is 1.97 bits per heavy atom. The van der Waals surface area contributed by atoms with E-state index < -0.39 is 0 Å². The highest BCUT2D eigenvalue weighted by atomic mass is 16.1. The summed E-state index contributed by atoms with van der Waals surface area (Å²) >= 11 is 0. The molecule has 1 aliphatic carbocycles. The van der Waals surface area contributed by atoms with E-state index in [9.17, 15) is 9.59 Å². The number of fused-ring (bicyclic) bond motifs is 1. The van der Waals surface area contributed by atoms with E-state index in [0.29, 0.717) is 23.1 Å². The maximum Gasteiger partial charge on any atom is 0.194 e. The van der Waals surface area contributed by atoms with Gasteiger partial charge in [0.1, 0.15) is 0 Å². The lowest BCUT2D eigenvalue weighted by Crippen LogP contribution is -2.19. The summed E-state index contributed by atoms with van der Waals surface area (Å²) in [5.41, 5.74) is 8.97. The van der Waals surface area contributed by atoms with Crippen LogP contribution in [-0.2, 0) is 6.42 Å². The summed E-state index contributed by atoms with van der Waals surface area (Å²) in [6.07, 6.45) is 2.09. The van der Waals surface area contributed by atoms with Crippen LogP contribution >= 0.6 is 0 Å². The molecule has 0 N–H and O–H groups in total. The van der Waals surface area contributed by atoms with Gasteiger partial charge < -0.3 is 0 Å². The topological polar surface area (TPSA) is 34.1 Å². The molecule has 0 bridgehead atoms. The summed E-state index contributed by atoms with van der Waals surface area (Å²) in [5.74, 6) is -0.0198. The van der Waals surface area contributed by atoms with Crippen molar-refractivity contribution in [1.82, 2.24) is 0 Å². The molecule has 5 rings (SSSR count). The van der Waals surface area contributed by atoms with Gasteiger partial charge in [-0.2, -0.15) is 0 Å². The van der Waals surface area contributed by atoms with Crippen LogP contribution < -0.4 is 0 Å². The van der Waals surface area contributed by atoms with Gasteiger partial charge in [-0.3, -0.25) is 9.59 Å². The molecule has 162 valence electrons. The maximum absolute atomic E-state index is 13.9. The van der Waals surface area contributed by atoms with E-state index in [-0.39, 0.29) is 11.6 Å². The van der Waals surface area contributed by atoms with E-state index >= 15 is 0 Å². The summed E-state index contributed by atoms with van der Waals surface area (Å²) in [6, 6.07) is 28.1. The van der Waals surface area contributed by atoms with Crippen LogP contribution in [-0.4, -0.2) is 11.6 Å². The van der Waals surface area contributed by atoms with Crippen LogP contribution in [0.3, 0.4) is 0 Å². The summed E-state index contributed by atoms with van der Waals surface area (Å²) in [5, 5.41) is 0. The van der Waals surface area contributed by atoms with Gasteiger partial charge in [0, 0.05) is 23.1 Å². The minimum Gasteiger partial charge on any atom is -0.294 e. The molecule has 4 aromatic carbocycles. The lowest BCUT2D eigenvalue weighted by molar-refractivity contribution is 0.0958. The molecule has 0 aliphatic heterocycles. The van der Waals surface area contributed by atoms with Crippen molar-refractivity contribution in [1.29, 1.82) is 0 Å². The molecule has 0 spiro atoms. The average molecular weight is 431 g/mol. The Morgan fingerprint density at radius 2 is 1.30 bits per heavy atom. The molecule has 2 heteroatoms. The highest BCUT2D eigenvalue weighted by Crippen LogP contribution is 2.40. The van der Waals surface area contributed by atoms with Gasteiger partial charge in [-0.1, -0.05) is 90.0 Å². The molecule has 0 heterocycles. The van der Waals surface area contributed by atoms with Crippen LogP contribution in [0.25, 0.3) is 22.3 Å². The van der Waals surface area contributed by atoms with Gasteiger partial charge >= 0.3 is 0 Å². The molecule has 0 fully saturated rings. The number of hydrogen-bond donors (Lipinski definition) is 0. The third-order valence-corrected chi connectivity index (χ3v) is 6.53. The van der Waals surface area contributed by atoms with Crippen molar-refractivity contribution in [2.24, 2.45) is 0 Å². The largest absolute Gasteiger partial charge is 0.294 e. The normalized spacial score (nSPS) is 13.0. The maximum atomic E-state index is 13.9. The van der Waals surface area contributed by atoms with Crippen molar-refractivity contribution in [2.45, 2.75) is 33.1 Å². The number of Topliss-reactive ketones (excluding diaryl/α,β-unsaturated/α-hetero) is 1. The standard InChI is InChI=1S/C31H26O2/c1-20-11-15-23(16-12-20)26-19-27(22-7-4-3-5-8-22)30(29-25(26)9-6-10-28(29)32)31(33)24-17-13-21(2)14-18-24/h3-5,7-8,11-19H,6,9-10H2,1-2H3. The Balaban J connectivity index is 1.84. The van der Waals surface area contributed by atoms with E-state index in [0.717, 1.165) is 46.2 Å². The lowest BCUT2D eigenvalue weighted by Gasteiger charge is -2.25. The van der Waals surface area contributed by atoms with Crippen molar-refractivity contribution in [3.8, 4) is 22.3 Å². The number of carbonyl (C=O) groups is 2. The minimum absolute atomic E-state index is 0.0675. The first kappa shape index (κ1) is 21.1. The highest BCUT2D eigenvalue weighted by Gasteiger charge is 2.30. The minimum atomic E-state index is -0.0872. The summed E-state index contributed by atoms with van der Waals surface area (Å²) in [4.78, 5) is 27.3. The summed E-state index contributed by atoms with van der Waals surface area (Å²) < 4.78 is 0. The molecule has 2 nitrogen and oxygen atoms in total. The summed E-state index contributed by atoms with van der Waals surface area (Å²) in [6.45, 7) is 4.08. The van der Waals surface area contributed by atoms with Crippen LogP contribution in [0, 0.1) is 13.8 Å². The highest BCUT2D eigenvalue weighted by molar-refractivity contribution is 6.20. The molecule has 1 aliphatic rings. The Kier molecular flexibility index (Phi) is 5.51. The third-order valence-electron chi connectivity index (χ3n) is 6.53. The Morgan fingerprint density at radius 1 is 0.697 bits per heavy atom. The quantitative estimate of drug-likeness (QED) is 0.316. The molecule has 0 unspecified atom stereocenters. The average Bonchev–Trinajstić information content (AvgIpc) is 2.84. The molecule has 0 atom stereocenters. The number of aryl methyl sites for hydroxylation is 2. The van der Waals surface area contributed by atoms with Crippen molar-refractivity contribution in [2.75, 3.05) is 0 Å². The van der Waals surface area contributed by atoms with Crippen LogP contribution in [0.15, 0.2) is 84.9 Å². The smallest absolute Gasteiger partial charge is 0.194 e. The lowest BCUT2D eigenvalue weighted by atomic mass is 9.77. The third kappa shape index (κ3) is 3.93. The van der Waals surface area contributed by atoms with Crippen LogP contribution in [0.5, 0.6) is 0 Å². The van der Waals surface area contributed by atoms with Gasteiger partial charge in [0.25, 0.3) is 0 Å². The zero-order valence-corrected chi connectivity index (χ0v) is 19.0. The van der Waals surface area contributed by atoms with Crippen molar-refractivity contribution < 1.29 is 9.59 Å². The monoisotopic (exact) mass is 430 g/mol. The number of rotatable bonds is 4. The number of hydrogen-bond acceptors (Lipinski definition) is 2. The van der Waals surface area contributed by atoms with Gasteiger partial charge in [0.2, 0.25) is 0 Å². The fourth-order valence-electron chi connectivity index (χ4n) is 4.76. The van der Waals surface area contributed by atoms with Crippen molar-refractivity contribution >= 4 is 11.6 Å². The Labute approximate surface area is 194 Å². The molecule has 0 saturated carbocycles. The molecule has 0 amide bonds. The Hall–Kier alpha value is -3.78.